The summed E-state index contributed by atoms with van der Waals surface area (Å²) < 4.78 is 22.9. The van der Waals surface area contributed by atoms with Gasteiger partial charge in [-0.05, 0) is 59.2 Å². The average Bonchev–Trinajstić information content (AvgIpc) is 3.65. The molecule has 5 rings (SSSR count). The summed E-state index contributed by atoms with van der Waals surface area (Å²) >= 11 is 0. The maximum atomic E-state index is 5.72. The monoisotopic (exact) mass is 534 g/mol. The summed E-state index contributed by atoms with van der Waals surface area (Å²) in [5.41, 5.74) is 0. The molecule has 6 heteroatoms. The van der Waals surface area contributed by atoms with Gasteiger partial charge in [0.25, 0.3) is 0 Å². The number of epoxide rings is 4. The van der Waals surface area contributed by atoms with Crippen molar-refractivity contribution in [3.8, 4) is 0 Å². The second kappa shape index (κ2) is 12.3. The molecule has 4 heterocycles. The fourth-order valence-corrected chi connectivity index (χ4v) is 8.79. The first-order valence-electron chi connectivity index (χ1n) is 16.0. The van der Waals surface area contributed by atoms with Crippen LogP contribution < -0.4 is 0 Å². The maximum Gasteiger partial charge on any atom is 0.0936 e. The first-order valence-corrected chi connectivity index (χ1v) is 16.0. The molecular formula is C32H58N2O4. The Labute approximate surface area is 233 Å². The van der Waals surface area contributed by atoms with Gasteiger partial charge in [0.05, 0.1) is 50.8 Å². The molecule has 8 atom stereocenters. The van der Waals surface area contributed by atoms with Gasteiger partial charge in [-0.25, -0.2) is 0 Å². The number of nitrogens with zero attached hydrogens (tertiary/aromatic N) is 2. The molecule has 0 bridgehead atoms. The van der Waals surface area contributed by atoms with Crippen molar-refractivity contribution < 1.29 is 18.9 Å². The smallest absolute Gasteiger partial charge is 0.0936 e. The largest absolute Gasteiger partial charge is 0.372 e. The summed E-state index contributed by atoms with van der Waals surface area (Å²) in [5.74, 6) is 7.00. The molecule has 0 aromatic carbocycles. The first-order chi connectivity index (χ1) is 18.1. The van der Waals surface area contributed by atoms with E-state index < -0.39 is 0 Å². The fraction of sp³-hybridized carbons (Fsp3) is 1.00. The molecule has 0 amide bonds. The molecule has 38 heavy (non-hydrogen) atoms. The van der Waals surface area contributed by atoms with E-state index in [2.05, 4.69) is 65.2 Å². The van der Waals surface area contributed by atoms with Crippen LogP contribution in [0.4, 0.5) is 0 Å². The zero-order chi connectivity index (χ0) is 27.1. The lowest BCUT2D eigenvalue weighted by Gasteiger charge is -2.59. The molecule has 0 aromatic rings. The van der Waals surface area contributed by atoms with Crippen LogP contribution in [0.15, 0.2) is 0 Å². The molecule has 0 spiro atoms. The van der Waals surface area contributed by atoms with E-state index in [-0.39, 0.29) is 0 Å². The Hall–Kier alpha value is -0.240. The third kappa shape index (κ3) is 7.53. The summed E-state index contributed by atoms with van der Waals surface area (Å²) in [6.07, 6.45) is 1.74. The highest BCUT2D eigenvalue weighted by Gasteiger charge is 2.54. The summed E-state index contributed by atoms with van der Waals surface area (Å²) in [4.78, 5) is 5.47. The Morgan fingerprint density at radius 1 is 0.421 bits per heavy atom. The van der Waals surface area contributed by atoms with Crippen molar-refractivity contribution in [3.63, 3.8) is 0 Å². The van der Waals surface area contributed by atoms with E-state index in [0.29, 0.717) is 59.9 Å². The van der Waals surface area contributed by atoms with Crippen LogP contribution in [-0.2, 0) is 18.9 Å². The maximum absolute atomic E-state index is 5.72. The summed E-state index contributed by atoms with van der Waals surface area (Å²) in [6.45, 7) is 30.6. The molecule has 220 valence electrons. The lowest BCUT2D eigenvalue weighted by atomic mass is 9.48. The van der Waals surface area contributed by atoms with Crippen molar-refractivity contribution in [2.24, 2.45) is 59.2 Å². The van der Waals surface area contributed by atoms with Gasteiger partial charge in [-0.3, -0.25) is 9.80 Å². The molecule has 1 aliphatic carbocycles. The Morgan fingerprint density at radius 3 is 0.789 bits per heavy atom. The van der Waals surface area contributed by atoms with Crippen LogP contribution in [0.2, 0.25) is 0 Å². The Balaban J connectivity index is 1.46. The molecule has 0 aromatic heterocycles. The van der Waals surface area contributed by atoms with E-state index in [1.165, 1.54) is 13.1 Å². The second-order valence-corrected chi connectivity index (χ2v) is 14.9. The van der Waals surface area contributed by atoms with Gasteiger partial charge in [0.15, 0.2) is 0 Å². The van der Waals surface area contributed by atoms with E-state index >= 15 is 0 Å². The van der Waals surface area contributed by atoms with E-state index in [1.54, 1.807) is 0 Å². The van der Waals surface area contributed by atoms with Crippen molar-refractivity contribution in [1.82, 2.24) is 9.80 Å². The van der Waals surface area contributed by atoms with Gasteiger partial charge in [-0.2, -0.15) is 0 Å². The predicted octanol–water partition coefficient (Wildman–Crippen LogP) is 4.52. The van der Waals surface area contributed by atoms with Gasteiger partial charge in [-0.1, -0.05) is 55.4 Å². The third-order valence-corrected chi connectivity index (χ3v) is 10.3. The Bertz CT molecular complexity index is 626. The van der Waals surface area contributed by atoms with Crippen LogP contribution >= 0.6 is 0 Å². The molecule has 4 aliphatic heterocycles. The first kappa shape index (κ1) is 29.3. The van der Waals surface area contributed by atoms with Crippen molar-refractivity contribution in [1.29, 1.82) is 0 Å². The number of hydrogen-bond donors (Lipinski definition) is 0. The van der Waals surface area contributed by atoms with Gasteiger partial charge in [0.1, 0.15) is 0 Å². The van der Waals surface area contributed by atoms with Crippen LogP contribution in [0.5, 0.6) is 0 Å². The van der Waals surface area contributed by atoms with Crippen LogP contribution in [-0.4, -0.2) is 99.9 Å². The van der Waals surface area contributed by atoms with Crippen LogP contribution in [0.25, 0.3) is 0 Å². The summed E-state index contributed by atoms with van der Waals surface area (Å²) in [5, 5.41) is 0. The van der Waals surface area contributed by atoms with Gasteiger partial charge in [0, 0.05) is 39.3 Å². The van der Waals surface area contributed by atoms with Gasteiger partial charge >= 0.3 is 0 Å². The minimum absolute atomic E-state index is 0.435. The normalized spacial score (nSPS) is 40.3. The predicted molar refractivity (Wildman–Crippen MR) is 152 cm³/mol. The highest BCUT2D eigenvalue weighted by Crippen LogP contribution is 2.56. The standard InChI is InChI=1S/C32H58N2O4/c1-19(2)29-27(13-33(9-23-15-35-23)10-24-16-36-24)31(21(5)6)32(22(7)8)28(30(29)20(3)4)14-34(11-25-17-37-25)12-26-18-38-26/h19-32H,9-18H2,1-8H3. The van der Waals surface area contributed by atoms with Crippen LogP contribution in [0.1, 0.15) is 55.4 Å². The van der Waals surface area contributed by atoms with Crippen molar-refractivity contribution in [3.05, 3.63) is 0 Å². The minimum atomic E-state index is 0.435. The third-order valence-electron chi connectivity index (χ3n) is 10.3. The SMILES string of the molecule is CC(C)C1C(CN(CC2CO2)CC2CO2)C(C(C)C)C(C(C)C)C(CN(CC2CO2)CC2CO2)C1C(C)C. The minimum Gasteiger partial charge on any atom is -0.372 e. The fourth-order valence-electron chi connectivity index (χ4n) is 8.79. The van der Waals surface area contributed by atoms with E-state index in [0.717, 1.165) is 76.3 Å². The van der Waals surface area contributed by atoms with Gasteiger partial charge < -0.3 is 18.9 Å². The quantitative estimate of drug-likeness (QED) is 0.272. The summed E-state index contributed by atoms with van der Waals surface area (Å²) in [7, 11) is 0. The number of hydrogen-bond acceptors (Lipinski definition) is 6. The van der Waals surface area contributed by atoms with Crippen LogP contribution in [0, 0.1) is 59.2 Å². The topological polar surface area (TPSA) is 56.6 Å². The molecule has 5 fully saturated rings. The average molecular weight is 535 g/mol. The molecule has 5 aliphatic rings. The molecule has 1 saturated carbocycles. The van der Waals surface area contributed by atoms with Gasteiger partial charge in [0.2, 0.25) is 0 Å². The molecule has 4 saturated heterocycles. The lowest BCUT2D eigenvalue weighted by Crippen LogP contribution is -2.58. The lowest BCUT2D eigenvalue weighted by molar-refractivity contribution is -0.110. The Morgan fingerprint density at radius 2 is 0.632 bits per heavy atom. The van der Waals surface area contributed by atoms with Gasteiger partial charge in [-0.15, -0.1) is 0 Å². The molecule has 0 N–H and O–H groups in total. The summed E-state index contributed by atoms with van der Waals surface area (Å²) in [6, 6.07) is 0. The molecular weight excluding hydrogens is 476 g/mol. The highest BCUT2D eigenvalue weighted by atomic mass is 16.6. The Kier molecular flexibility index (Phi) is 9.49. The van der Waals surface area contributed by atoms with Crippen molar-refractivity contribution in [2.45, 2.75) is 79.8 Å². The van der Waals surface area contributed by atoms with Crippen LogP contribution in [0.3, 0.4) is 0 Å². The second-order valence-electron chi connectivity index (χ2n) is 14.9. The molecule has 6 nitrogen and oxygen atoms in total. The highest BCUT2D eigenvalue weighted by molar-refractivity contribution is 5.03. The van der Waals surface area contributed by atoms with Crippen molar-refractivity contribution >= 4 is 0 Å². The van der Waals surface area contributed by atoms with E-state index in [9.17, 15) is 0 Å². The van der Waals surface area contributed by atoms with E-state index in [1.807, 2.05) is 0 Å². The van der Waals surface area contributed by atoms with E-state index in [4.69, 9.17) is 18.9 Å². The number of ether oxygens (including phenoxy) is 4. The molecule has 8 unspecified atom stereocenters. The number of rotatable bonds is 16. The van der Waals surface area contributed by atoms with Crippen molar-refractivity contribution in [2.75, 3.05) is 65.7 Å². The zero-order valence-electron chi connectivity index (χ0n) is 25.7. The zero-order valence-corrected chi connectivity index (χ0v) is 25.7. The molecule has 0 radical (unpaired) electrons.